The lowest BCUT2D eigenvalue weighted by atomic mass is 9.83. The normalized spacial score (nSPS) is 30.9. The Labute approximate surface area is 116 Å². The van der Waals surface area contributed by atoms with E-state index in [4.69, 9.17) is 0 Å². The van der Waals surface area contributed by atoms with Crippen molar-refractivity contribution >= 4 is 0 Å². The van der Waals surface area contributed by atoms with Crippen molar-refractivity contribution in [2.45, 2.75) is 51.5 Å². The van der Waals surface area contributed by atoms with Gasteiger partial charge in [-0.3, -0.25) is 0 Å². The zero-order chi connectivity index (χ0) is 13.2. The average molecular weight is 261 g/mol. The molecule has 0 amide bonds. The van der Waals surface area contributed by atoms with E-state index in [0.717, 1.165) is 24.3 Å². The Morgan fingerprint density at radius 2 is 2.32 bits per heavy atom. The molecule has 0 aliphatic heterocycles. The molecule has 2 saturated carbocycles. The lowest BCUT2D eigenvalue weighted by Crippen LogP contribution is -2.27. The number of nitrogens with zero attached hydrogens (tertiary/aromatic N) is 2. The van der Waals surface area contributed by atoms with Gasteiger partial charge in [-0.2, -0.15) is 0 Å². The summed E-state index contributed by atoms with van der Waals surface area (Å²) in [6, 6.07) is 0.497. The quantitative estimate of drug-likeness (QED) is 0.851. The summed E-state index contributed by atoms with van der Waals surface area (Å²) in [5, 5.41) is 3.74. The highest BCUT2D eigenvalue weighted by Crippen LogP contribution is 2.50. The Balaban J connectivity index is 1.67. The molecular formula is C16H27N3. The van der Waals surface area contributed by atoms with Crippen molar-refractivity contribution in [2.75, 3.05) is 6.54 Å². The highest BCUT2D eigenvalue weighted by Gasteiger charge is 2.40. The van der Waals surface area contributed by atoms with Crippen LogP contribution in [0.1, 0.15) is 57.2 Å². The summed E-state index contributed by atoms with van der Waals surface area (Å²) in [5.41, 5.74) is 1.36. The topological polar surface area (TPSA) is 29.9 Å². The van der Waals surface area contributed by atoms with E-state index in [1.807, 2.05) is 12.5 Å². The zero-order valence-electron chi connectivity index (χ0n) is 12.3. The van der Waals surface area contributed by atoms with Crippen molar-refractivity contribution in [3.63, 3.8) is 0 Å². The fraction of sp³-hybridized carbons (Fsp3) is 0.812. The molecule has 0 saturated heterocycles. The van der Waals surface area contributed by atoms with Crippen LogP contribution in [-0.4, -0.2) is 16.1 Å². The second kappa shape index (κ2) is 5.66. The smallest absolute Gasteiger partial charge is 0.0946 e. The molecule has 106 valence electrons. The van der Waals surface area contributed by atoms with Gasteiger partial charge in [-0.15, -0.1) is 0 Å². The average Bonchev–Trinajstić information content (AvgIpc) is 3.10. The molecule has 0 aromatic carbocycles. The fourth-order valence-corrected chi connectivity index (χ4v) is 4.30. The molecule has 0 spiro atoms. The molecule has 1 aromatic heterocycles. The lowest BCUT2D eigenvalue weighted by molar-refractivity contribution is 0.275. The maximum Gasteiger partial charge on any atom is 0.0946 e. The van der Waals surface area contributed by atoms with Crippen LogP contribution in [0, 0.1) is 17.8 Å². The molecule has 2 fully saturated rings. The number of fused-ring (bicyclic) bond motifs is 2. The van der Waals surface area contributed by atoms with E-state index in [9.17, 15) is 0 Å². The van der Waals surface area contributed by atoms with E-state index in [1.165, 1.54) is 44.2 Å². The van der Waals surface area contributed by atoms with Gasteiger partial charge in [0, 0.05) is 19.3 Å². The molecule has 3 nitrogen and oxygen atoms in total. The number of aromatic nitrogens is 2. The molecule has 3 heteroatoms. The predicted octanol–water partition coefficient (Wildman–Crippen LogP) is 3.29. The third-order valence-corrected chi connectivity index (χ3v) is 5.27. The van der Waals surface area contributed by atoms with E-state index in [-0.39, 0.29) is 0 Å². The Kier molecular flexibility index (Phi) is 3.92. The maximum atomic E-state index is 4.30. The first-order chi connectivity index (χ1) is 9.28. The first-order valence-electron chi connectivity index (χ1n) is 7.97. The Morgan fingerprint density at radius 3 is 2.89 bits per heavy atom. The van der Waals surface area contributed by atoms with E-state index >= 15 is 0 Å². The van der Waals surface area contributed by atoms with Gasteiger partial charge >= 0.3 is 0 Å². The van der Waals surface area contributed by atoms with Crippen LogP contribution in [0.3, 0.4) is 0 Å². The van der Waals surface area contributed by atoms with Crippen LogP contribution in [0.25, 0.3) is 0 Å². The number of imidazole rings is 1. The Morgan fingerprint density at radius 1 is 1.42 bits per heavy atom. The molecule has 1 N–H and O–H groups in total. The van der Waals surface area contributed by atoms with Gasteiger partial charge < -0.3 is 9.88 Å². The van der Waals surface area contributed by atoms with Gasteiger partial charge in [0.15, 0.2) is 0 Å². The minimum atomic E-state index is 0.497. The predicted molar refractivity (Wildman–Crippen MR) is 77.8 cm³/mol. The number of hydrogen-bond acceptors (Lipinski definition) is 2. The molecule has 1 heterocycles. The number of hydrogen-bond donors (Lipinski definition) is 1. The second-order valence-corrected chi connectivity index (χ2v) is 6.61. The van der Waals surface area contributed by atoms with Crippen LogP contribution in [0.4, 0.5) is 0 Å². The van der Waals surface area contributed by atoms with Crippen molar-refractivity contribution < 1.29 is 0 Å². The first-order valence-corrected chi connectivity index (χ1v) is 7.97. The van der Waals surface area contributed by atoms with Gasteiger partial charge in [-0.1, -0.05) is 13.3 Å². The van der Waals surface area contributed by atoms with Gasteiger partial charge in [0.25, 0.3) is 0 Å². The molecule has 2 bridgehead atoms. The summed E-state index contributed by atoms with van der Waals surface area (Å²) >= 11 is 0. The molecule has 3 rings (SSSR count). The highest BCUT2D eigenvalue weighted by molar-refractivity contribution is 5.06. The van der Waals surface area contributed by atoms with Crippen LogP contribution in [-0.2, 0) is 7.05 Å². The van der Waals surface area contributed by atoms with Crippen LogP contribution in [0.2, 0.25) is 0 Å². The second-order valence-electron chi connectivity index (χ2n) is 6.61. The van der Waals surface area contributed by atoms with Gasteiger partial charge in [0.2, 0.25) is 0 Å². The molecule has 2 aliphatic rings. The van der Waals surface area contributed by atoms with Crippen molar-refractivity contribution in [3.05, 3.63) is 18.2 Å². The summed E-state index contributed by atoms with van der Waals surface area (Å²) in [6.45, 7) is 3.35. The van der Waals surface area contributed by atoms with E-state index in [1.54, 1.807) is 0 Å². The molecular weight excluding hydrogens is 234 g/mol. The minimum Gasteiger partial charge on any atom is -0.336 e. The highest BCUT2D eigenvalue weighted by atomic mass is 15.1. The van der Waals surface area contributed by atoms with Gasteiger partial charge in [-0.25, -0.2) is 4.98 Å². The summed E-state index contributed by atoms with van der Waals surface area (Å²) in [4.78, 5) is 4.30. The lowest BCUT2D eigenvalue weighted by Gasteiger charge is -2.27. The first kappa shape index (κ1) is 13.2. The van der Waals surface area contributed by atoms with Crippen molar-refractivity contribution in [1.29, 1.82) is 0 Å². The summed E-state index contributed by atoms with van der Waals surface area (Å²) in [5.74, 6) is 3.01. The number of aryl methyl sites for hydroxylation is 1. The van der Waals surface area contributed by atoms with Crippen LogP contribution in [0.5, 0.6) is 0 Å². The van der Waals surface area contributed by atoms with Gasteiger partial charge in [-0.05, 0) is 56.4 Å². The Hall–Kier alpha value is -0.830. The number of rotatable bonds is 6. The SMILES string of the molecule is CCCNC(CC1CC2CCC1C2)c1cncn1C. The third kappa shape index (κ3) is 2.71. The van der Waals surface area contributed by atoms with Crippen molar-refractivity contribution in [1.82, 2.24) is 14.9 Å². The van der Waals surface area contributed by atoms with E-state index in [0.29, 0.717) is 6.04 Å². The molecule has 1 aromatic rings. The molecule has 19 heavy (non-hydrogen) atoms. The largest absolute Gasteiger partial charge is 0.336 e. The summed E-state index contributed by atoms with van der Waals surface area (Å²) in [6.07, 6.45) is 12.5. The molecule has 0 radical (unpaired) electrons. The van der Waals surface area contributed by atoms with Crippen LogP contribution in [0.15, 0.2) is 12.5 Å². The van der Waals surface area contributed by atoms with Crippen LogP contribution < -0.4 is 5.32 Å². The Bertz CT molecular complexity index is 412. The summed E-state index contributed by atoms with van der Waals surface area (Å²) < 4.78 is 2.18. The van der Waals surface area contributed by atoms with E-state index < -0.39 is 0 Å². The van der Waals surface area contributed by atoms with Crippen molar-refractivity contribution in [3.8, 4) is 0 Å². The number of nitrogens with one attached hydrogen (secondary N) is 1. The van der Waals surface area contributed by atoms with Crippen LogP contribution >= 0.6 is 0 Å². The molecule has 4 atom stereocenters. The minimum absolute atomic E-state index is 0.497. The molecule has 2 aliphatic carbocycles. The third-order valence-electron chi connectivity index (χ3n) is 5.27. The van der Waals surface area contributed by atoms with Gasteiger partial charge in [0.05, 0.1) is 12.0 Å². The summed E-state index contributed by atoms with van der Waals surface area (Å²) in [7, 11) is 2.11. The maximum absolute atomic E-state index is 4.30. The van der Waals surface area contributed by atoms with E-state index in [2.05, 4.69) is 28.8 Å². The molecule has 4 unspecified atom stereocenters. The standard InChI is InChI=1S/C16H27N3/c1-3-6-18-15(16-10-17-11-19(16)2)9-14-8-12-4-5-13(14)7-12/h10-15,18H,3-9H2,1-2H3. The van der Waals surface area contributed by atoms with Gasteiger partial charge in [0.1, 0.15) is 0 Å². The fourth-order valence-electron chi connectivity index (χ4n) is 4.30. The van der Waals surface area contributed by atoms with Crippen molar-refractivity contribution in [2.24, 2.45) is 24.8 Å². The monoisotopic (exact) mass is 261 g/mol. The zero-order valence-corrected chi connectivity index (χ0v) is 12.3.